The summed E-state index contributed by atoms with van der Waals surface area (Å²) in [6.45, 7) is 2.78. The lowest BCUT2D eigenvalue weighted by molar-refractivity contribution is 0.190. The van der Waals surface area contributed by atoms with Crippen molar-refractivity contribution in [3.05, 3.63) is 51.2 Å². The van der Waals surface area contributed by atoms with Crippen LogP contribution in [0.15, 0.2) is 35.7 Å². The number of carbonyl (C=O) groups excluding carboxylic acids is 1. The molecule has 1 atom stereocenters. The molecule has 2 heterocycles. The van der Waals surface area contributed by atoms with Crippen molar-refractivity contribution in [3.63, 3.8) is 0 Å². The maximum Gasteiger partial charge on any atom is 0.322 e. The molecule has 0 spiro atoms. The molecule has 2 amide bonds. The van der Waals surface area contributed by atoms with Gasteiger partial charge in [-0.05, 0) is 48.9 Å². The third-order valence-electron chi connectivity index (χ3n) is 4.33. The third-order valence-corrected chi connectivity index (χ3v) is 5.54. The molecule has 1 fully saturated rings. The van der Waals surface area contributed by atoms with Crippen molar-refractivity contribution in [1.82, 2.24) is 4.90 Å². The zero-order valence-corrected chi connectivity index (χ0v) is 14.8. The number of carbonyl (C=O) groups is 1. The Hall–Kier alpha value is -1.52. The van der Waals surface area contributed by atoms with E-state index in [0.29, 0.717) is 5.02 Å². The van der Waals surface area contributed by atoms with Gasteiger partial charge in [0.15, 0.2) is 0 Å². The summed E-state index contributed by atoms with van der Waals surface area (Å²) in [5.41, 5.74) is 1.81. The largest absolute Gasteiger partial charge is 0.322 e. The first-order valence-corrected chi connectivity index (χ1v) is 9.28. The SMILES string of the molecule is Cc1ccc(Cl)cc1NC(=O)N1CCCCC[C@H]1c1cccs1. The maximum atomic E-state index is 12.9. The second kappa shape index (κ2) is 7.37. The van der Waals surface area contributed by atoms with E-state index >= 15 is 0 Å². The Balaban J connectivity index is 1.81. The van der Waals surface area contributed by atoms with Crippen LogP contribution in [0.3, 0.4) is 0 Å². The second-order valence-corrected chi connectivity index (χ2v) is 7.38. The molecule has 3 nitrogen and oxygen atoms in total. The van der Waals surface area contributed by atoms with Crippen LogP contribution in [0, 0.1) is 6.92 Å². The number of benzene rings is 1. The van der Waals surface area contributed by atoms with E-state index in [1.54, 1.807) is 11.3 Å². The molecule has 5 heteroatoms. The van der Waals surface area contributed by atoms with Crippen LogP contribution in [0.1, 0.15) is 42.2 Å². The van der Waals surface area contributed by atoms with E-state index in [9.17, 15) is 4.79 Å². The van der Waals surface area contributed by atoms with E-state index in [-0.39, 0.29) is 12.1 Å². The first kappa shape index (κ1) is 16.3. The number of hydrogen-bond donors (Lipinski definition) is 1. The van der Waals surface area contributed by atoms with E-state index in [4.69, 9.17) is 11.6 Å². The topological polar surface area (TPSA) is 32.3 Å². The Morgan fingerprint density at radius 2 is 2.17 bits per heavy atom. The van der Waals surface area contributed by atoms with Gasteiger partial charge in [-0.2, -0.15) is 0 Å². The Bertz CT molecular complexity index is 672. The molecule has 0 aliphatic carbocycles. The van der Waals surface area contributed by atoms with E-state index in [2.05, 4.69) is 22.8 Å². The molecule has 2 aromatic rings. The van der Waals surface area contributed by atoms with E-state index in [1.165, 1.54) is 17.7 Å². The number of urea groups is 1. The van der Waals surface area contributed by atoms with Gasteiger partial charge in [0.25, 0.3) is 0 Å². The molecule has 1 aromatic carbocycles. The van der Waals surface area contributed by atoms with E-state index in [1.807, 2.05) is 30.0 Å². The van der Waals surface area contributed by atoms with Crippen molar-refractivity contribution in [2.24, 2.45) is 0 Å². The summed E-state index contributed by atoms with van der Waals surface area (Å²) in [4.78, 5) is 16.1. The van der Waals surface area contributed by atoms with Crippen LogP contribution in [0.2, 0.25) is 5.02 Å². The van der Waals surface area contributed by atoms with Crippen molar-refractivity contribution in [2.75, 3.05) is 11.9 Å². The number of thiophene rings is 1. The number of nitrogens with zero attached hydrogens (tertiary/aromatic N) is 1. The van der Waals surface area contributed by atoms with Crippen molar-refractivity contribution >= 4 is 34.7 Å². The van der Waals surface area contributed by atoms with Crippen molar-refractivity contribution in [1.29, 1.82) is 0 Å². The third kappa shape index (κ3) is 3.88. The van der Waals surface area contributed by atoms with Gasteiger partial charge in [0, 0.05) is 22.1 Å². The predicted molar refractivity (Wildman–Crippen MR) is 97.4 cm³/mol. The molecule has 23 heavy (non-hydrogen) atoms. The highest BCUT2D eigenvalue weighted by molar-refractivity contribution is 7.10. The zero-order chi connectivity index (χ0) is 16.2. The number of anilines is 1. The number of halogens is 1. The van der Waals surface area contributed by atoms with Gasteiger partial charge < -0.3 is 10.2 Å². The minimum atomic E-state index is -0.0318. The molecule has 3 rings (SSSR count). The lowest BCUT2D eigenvalue weighted by Crippen LogP contribution is -2.37. The van der Waals surface area contributed by atoms with Crippen molar-refractivity contribution in [3.8, 4) is 0 Å². The Morgan fingerprint density at radius 1 is 1.30 bits per heavy atom. The summed E-state index contributed by atoms with van der Waals surface area (Å²) < 4.78 is 0. The van der Waals surface area contributed by atoms with E-state index in [0.717, 1.165) is 30.6 Å². The van der Waals surface area contributed by atoms with Gasteiger partial charge in [-0.3, -0.25) is 0 Å². The maximum absolute atomic E-state index is 12.9. The van der Waals surface area contributed by atoms with Crippen LogP contribution in [0.5, 0.6) is 0 Å². The van der Waals surface area contributed by atoms with Gasteiger partial charge in [-0.1, -0.05) is 36.6 Å². The monoisotopic (exact) mass is 348 g/mol. The van der Waals surface area contributed by atoms with Crippen LogP contribution in [-0.2, 0) is 0 Å². The van der Waals surface area contributed by atoms with E-state index < -0.39 is 0 Å². The molecule has 0 radical (unpaired) electrons. The number of amides is 2. The minimum Gasteiger partial charge on any atom is -0.317 e. The summed E-state index contributed by atoms with van der Waals surface area (Å²) in [5.74, 6) is 0. The molecule has 0 saturated carbocycles. The molecule has 1 saturated heterocycles. The molecule has 122 valence electrons. The molecular formula is C18H21ClN2OS. The molecule has 1 aliphatic heterocycles. The highest BCUT2D eigenvalue weighted by atomic mass is 35.5. The average molecular weight is 349 g/mol. The summed E-state index contributed by atoms with van der Waals surface area (Å²) in [7, 11) is 0. The first-order chi connectivity index (χ1) is 11.1. The van der Waals surface area contributed by atoms with Crippen LogP contribution in [0.25, 0.3) is 0 Å². The molecule has 0 bridgehead atoms. The molecule has 1 N–H and O–H groups in total. The van der Waals surface area contributed by atoms with Gasteiger partial charge in [0.05, 0.1) is 6.04 Å². The Kier molecular flexibility index (Phi) is 5.23. The number of nitrogens with one attached hydrogen (secondary N) is 1. The number of likely N-dealkylation sites (tertiary alicyclic amines) is 1. The van der Waals surface area contributed by atoms with Crippen molar-refractivity contribution in [2.45, 2.75) is 38.6 Å². The van der Waals surface area contributed by atoms with Gasteiger partial charge in [0.2, 0.25) is 0 Å². The van der Waals surface area contributed by atoms with Gasteiger partial charge in [0.1, 0.15) is 0 Å². The number of rotatable bonds is 2. The lowest BCUT2D eigenvalue weighted by atomic mass is 10.1. The van der Waals surface area contributed by atoms with Gasteiger partial charge in [-0.25, -0.2) is 4.79 Å². The lowest BCUT2D eigenvalue weighted by Gasteiger charge is -2.29. The fraction of sp³-hybridized carbons (Fsp3) is 0.389. The quantitative estimate of drug-likeness (QED) is 0.724. The standard InChI is InChI=1S/C18H21ClN2OS/c1-13-8-9-14(19)12-15(13)20-18(22)21-10-4-2-3-6-16(21)17-7-5-11-23-17/h5,7-9,11-12,16H,2-4,6,10H2,1H3,(H,20,22)/t16-/m0/s1. The fourth-order valence-electron chi connectivity index (χ4n) is 3.04. The molecule has 1 aliphatic rings. The normalized spacial score (nSPS) is 18.5. The van der Waals surface area contributed by atoms with Crippen molar-refractivity contribution < 1.29 is 4.79 Å². The smallest absolute Gasteiger partial charge is 0.317 e. The Labute approximate surface area is 146 Å². The molecule has 0 unspecified atom stereocenters. The summed E-state index contributed by atoms with van der Waals surface area (Å²) in [6.07, 6.45) is 4.44. The number of hydrogen-bond acceptors (Lipinski definition) is 2. The van der Waals surface area contributed by atoms with Crippen LogP contribution >= 0.6 is 22.9 Å². The highest BCUT2D eigenvalue weighted by Gasteiger charge is 2.27. The highest BCUT2D eigenvalue weighted by Crippen LogP contribution is 2.33. The van der Waals surface area contributed by atoms with Gasteiger partial charge >= 0.3 is 6.03 Å². The molecular weight excluding hydrogens is 328 g/mol. The van der Waals surface area contributed by atoms with Crippen LogP contribution in [0.4, 0.5) is 10.5 Å². The van der Waals surface area contributed by atoms with Gasteiger partial charge in [-0.15, -0.1) is 11.3 Å². The van der Waals surface area contributed by atoms with Crippen LogP contribution < -0.4 is 5.32 Å². The average Bonchev–Trinajstić information content (AvgIpc) is 2.95. The van der Waals surface area contributed by atoms with Crippen LogP contribution in [-0.4, -0.2) is 17.5 Å². The molecule has 1 aromatic heterocycles. The summed E-state index contributed by atoms with van der Waals surface area (Å²) in [6, 6.07) is 9.91. The summed E-state index contributed by atoms with van der Waals surface area (Å²) >= 11 is 7.79. The fourth-order valence-corrected chi connectivity index (χ4v) is 4.09. The number of aryl methyl sites for hydroxylation is 1. The second-order valence-electron chi connectivity index (χ2n) is 5.96. The Morgan fingerprint density at radius 3 is 2.96 bits per heavy atom. The summed E-state index contributed by atoms with van der Waals surface area (Å²) in [5, 5.41) is 5.76. The predicted octanol–water partition coefficient (Wildman–Crippen LogP) is 5.86. The minimum absolute atomic E-state index is 0.0318. The first-order valence-electron chi connectivity index (χ1n) is 8.02. The zero-order valence-electron chi connectivity index (χ0n) is 13.2.